The molecule has 0 radical (unpaired) electrons. The number of halogens is 2. The van der Waals surface area contributed by atoms with Crippen LogP contribution in [-0.4, -0.2) is 62.3 Å². The third kappa shape index (κ3) is 5.09. The number of primary amides is 1. The number of nitrogens with zero attached hydrogens (tertiary/aromatic N) is 3. The van der Waals surface area contributed by atoms with Gasteiger partial charge in [0, 0.05) is 30.4 Å². The smallest absolute Gasteiger partial charge is 0.274 e. The summed E-state index contributed by atoms with van der Waals surface area (Å²) in [6.07, 6.45) is 2.56. The fourth-order valence-corrected chi connectivity index (χ4v) is 6.57. The number of benzene rings is 2. The summed E-state index contributed by atoms with van der Waals surface area (Å²) in [5, 5.41) is 11.9. The molecule has 2 aromatic carbocycles. The first-order valence-corrected chi connectivity index (χ1v) is 14.2. The van der Waals surface area contributed by atoms with Gasteiger partial charge in [-0.05, 0) is 37.8 Å². The summed E-state index contributed by atoms with van der Waals surface area (Å²) < 4.78 is 35.7. The highest BCUT2D eigenvalue weighted by Gasteiger charge is 2.56. The van der Waals surface area contributed by atoms with Gasteiger partial charge in [0.25, 0.3) is 11.8 Å². The SMILES string of the molecule is CC1C[C@]2(CC[C@H](CO)N3C[C@H]2n2cc(C(N)=O)c(=O)c(OCc4ccccc4)c2C3=O)ON1Cc1ccc(F)cc1F. The van der Waals surface area contributed by atoms with Gasteiger partial charge in [0.05, 0.1) is 25.2 Å². The molecule has 3 aliphatic rings. The Bertz CT molecular complexity index is 1630. The maximum absolute atomic E-state index is 14.6. The topological polar surface area (TPSA) is 127 Å². The predicted octanol–water partition coefficient (Wildman–Crippen LogP) is 2.92. The Morgan fingerprint density at radius 3 is 2.65 bits per heavy atom. The molecular weight excluding hydrogens is 562 g/mol. The van der Waals surface area contributed by atoms with E-state index in [0.29, 0.717) is 19.3 Å². The van der Waals surface area contributed by atoms with E-state index in [-0.39, 0.29) is 54.9 Å². The van der Waals surface area contributed by atoms with Crippen molar-refractivity contribution < 1.29 is 33.1 Å². The lowest BCUT2D eigenvalue weighted by molar-refractivity contribution is -0.225. The zero-order valence-electron chi connectivity index (χ0n) is 23.5. The molecule has 43 heavy (non-hydrogen) atoms. The van der Waals surface area contributed by atoms with Crippen LogP contribution in [0.1, 0.15) is 64.2 Å². The van der Waals surface area contributed by atoms with Crippen LogP contribution in [0, 0.1) is 11.6 Å². The Morgan fingerprint density at radius 2 is 1.95 bits per heavy atom. The second-order valence-corrected chi connectivity index (χ2v) is 11.5. The van der Waals surface area contributed by atoms with E-state index in [9.17, 15) is 28.3 Å². The summed E-state index contributed by atoms with van der Waals surface area (Å²) in [4.78, 5) is 48.1. The third-order valence-corrected chi connectivity index (χ3v) is 8.79. The van der Waals surface area contributed by atoms with Crippen molar-refractivity contribution in [3.63, 3.8) is 0 Å². The van der Waals surface area contributed by atoms with Gasteiger partial charge >= 0.3 is 0 Å². The van der Waals surface area contributed by atoms with Crippen molar-refractivity contribution >= 4 is 11.8 Å². The van der Waals surface area contributed by atoms with Gasteiger partial charge in [-0.15, -0.1) is 0 Å². The lowest BCUT2D eigenvalue weighted by atomic mass is 9.83. The monoisotopic (exact) mass is 594 g/mol. The van der Waals surface area contributed by atoms with E-state index in [4.69, 9.17) is 15.3 Å². The molecule has 0 aliphatic carbocycles. The Kier molecular flexibility index (Phi) is 7.53. The lowest BCUT2D eigenvalue weighted by Crippen LogP contribution is -2.53. The number of fused-ring (bicyclic) bond motifs is 5. The van der Waals surface area contributed by atoms with Crippen LogP contribution in [0.5, 0.6) is 5.75 Å². The first-order valence-electron chi connectivity index (χ1n) is 14.2. The molecule has 3 aromatic rings. The molecule has 3 aliphatic heterocycles. The normalized spacial score (nSPS) is 25.1. The van der Waals surface area contributed by atoms with Crippen molar-refractivity contribution in [2.45, 2.75) is 63.1 Å². The molecular formula is C31H32F2N4O6. The molecule has 2 saturated heterocycles. The molecule has 12 heteroatoms. The van der Waals surface area contributed by atoms with Gasteiger partial charge in [0.2, 0.25) is 5.43 Å². The number of hydrogen-bond acceptors (Lipinski definition) is 7. The number of rotatable bonds is 7. The molecule has 1 aromatic heterocycles. The van der Waals surface area contributed by atoms with Crippen molar-refractivity contribution in [1.29, 1.82) is 0 Å². The number of pyridine rings is 1. The maximum atomic E-state index is 14.6. The van der Waals surface area contributed by atoms with Gasteiger partial charge in [-0.3, -0.25) is 19.2 Å². The van der Waals surface area contributed by atoms with E-state index >= 15 is 0 Å². The van der Waals surface area contributed by atoms with E-state index in [2.05, 4.69) is 0 Å². The summed E-state index contributed by atoms with van der Waals surface area (Å²) in [6.45, 7) is 1.75. The number of carbonyl (C=O) groups is 2. The van der Waals surface area contributed by atoms with E-state index in [1.807, 2.05) is 25.1 Å². The zero-order chi connectivity index (χ0) is 30.5. The Balaban J connectivity index is 1.45. The van der Waals surface area contributed by atoms with Gasteiger partial charge < -0.3 is 25.0 Å². The van der Waals surface area contributed by atoms with Gasteiger partial charge in [0.15, 0.2) is 11.4 Å². The summed E-state index contributed by atoms with van der Waals surface area (Å²) in [6, 6.07) is 11.1. The molecule has 2 bridgehead atoms. The molecule has 0 saturated carbocycles. The minimum atomic E-state index is -0.968. The number of ether oxygens (including phenoxy) is 1. The van der Waals surface area contributed by atoms with Crippen molar-refractivity contribution in [3.05, 3.63) is 99.0 Å². The van der Waals surface area contributed by atoms with E-state index in [0.717, 1.165) is 11.6 Å². The average Bonchev–Trinajstić information content (AvgIpc) is 3.22. The molecule has 1 unspecified atom stereocenters. The molecule has 3 N–H and O–H groups in total. The van der Waals surface area contributed by atoms with Crippen LogP contribution in [0.15, 0.2) is 59.5 Å². The van der Waals surface area contributed by atoms with Gasteiger partial charge in [-0.25, -0.2) is 8.78 Å². The molecule has 10 nitrogen and oxygen atoms in total. The van der Waals surface area contributed by atoms with Crippen molar-refractivity contribution in [2.24, 2.45) is 5.73 Å². The van der Waals surface area contributed by atoms with E-state index in [1.165, 1.54) is 23.2 Å². The van der Waals surface area contributed by atoms with Gasteiger partial charge in [0.1, 0.15) is 29.4 Å². The molecule has 1 spiro atoms. The Labute approximate surface area is 246 Å². The first kappa shape index (κ1) is 29.0. The summed E-state index contributed by atoms with van der Waals surface area (Å²) in [7, 11) is 0. The average molecular weight is 595 g/mol. The summed E-state index contributed by atoms with van der Waals surface area (Å²) >= 11 is 0. The Hall–Kier alpha value is -4.13. The van der Waals surface area contributed by atoms with Crippen LogP contribution in [0.2, 0.25) is 0 Å². The number of aliphatic hydroxyl groups is 1. The van der Waals surface area contributed by atoms with Gasteiger partial charge in [-0.1, -0.05) is 36.4 Å². The van der Waals surface area contributed by atoms with Crippen LogP contribution < -0.4 is 15.9 Å². The second kappa shape index (κ2) is 11.2. The molecule has 2 amide bonds. The van der Waals surface area contributed by atoms with Crippen LogP contribution in [0.3, 0.4) is 0 Å². The van der Waals surface area contributed by atoms with Crippen molar-refractivity contribution in [3.8, 4) is 5.75 Å². The molecule has 6 rings (SSSR count). The maximum Gasteiger partial charge on any atom is 0.274 e. The highest BCUT2D eigenvalue weighted by molar-refractivity contribution is 5.99. The number of aliphatic hydroxyl groups excluding tert-OH is 1. The highest BCUT2D eigenvalue weighted by Crippen LogP contribution is 2.49. The van der Waals surface area contributed by atoms with Crippen LogP contribution >= 0.6 is 0 Å². The largest absolute Gasteiger partial charge is 0.483 e. The first-order chi connectivity index (χ1) is 20.6. The number of hydroxylamine groups is 2. The molecule has 4 heterocycles. The van der Waals surface area contributed by atoms with Crippen LogP contribution in [0.25, 0.3) is 0 Å². The fraction of sp³-hybridized carbons (Fsp3) is 0.387. The predicted molar refractivity (Wildman–Crippen MR) is 150 cm³/mol. The molecule has 4 atom stereocenters. The van der Waals surface area contributed by atoms with Crippen molar-refractivity contribution in [1.82, 2.24) is 14.5 Å². The number of carbonyl (C=O) groups excluding carboxylic acids is 2. The van der Waals surface area contributed by atoms with Crippen molar-refractivity contribution in [2.75, 3.05) is 13.2 Å². The highest BCUT2D eigenvalue weighted by atomic mass is 19.1. The van der Waals surface area contributed by atoms with Crippen LogP contribution in [0.4, 0.5) is 8.78 Å². The summed E-state index contributed by atoms with van der Waals surface area (Å²) in [5.41, 5.74) is 4.47. The zero-order valence-corrected chi connectivity index (χ0v) is 23.5. The van der Waals surface area contributed by atoms with Crippen LogP contribution in [-0.2, 0) is 18.0 Å². The standard InChI is InChI=1S/C31H32F2N4O6/c1-18-12-31(43-37(18)13-20-7-8-21(32)11-24(20)33)10-9-22(16-38)35-15-25(31)36-14-23(29(34)40)27(39)28(26(36)30(35)41)42-17-19-5-3-2-4-6-19/h2-8,11,14,18,22,25,38H,9-10,12-13,15-17H2,1H3,(H2,34,40)/t18?,22-,25-,31+/m1/s1. The summed E-state index contributed by atoms with van der Waals surface area (Å²) in [5.74, 6) is -3.16. The quantitative estimate of drug-likeness (QED) is 0.431. The minimum Gasteiger partial charge on any atom is -0.483 e. The number of nitrogens with two attached hydrogens (primary N) is 1. The molecule has 226 valence electrons. The third-order valence-electron chi connectivity index (χ3n) is 8.79. The fourth-order valence-electron chi connectivity index (χ4n) is 6.57. The number of aromatic nitrogens is 1. The van der Waals surface area contributed by atoms with Gasteiger partial charge in [-0.2, -0.15) is 5.06 Å². The Morgan fingerprint density at radius 1 is 1.19 bits per heavy atom. The van der Waals surface area contributed by atoms with E-state index < -0.39 is 46.6 Å². The number of amides is 2. The lowest BCUT2D eigenvalue weighted by Gasteiger charge is -2.43. The number of hydrogen-bond donors (Lipinski definition) is 2. The van der Waals surface area contributed by atoms with E-state index in [1.54, 1.807) is 21.8 Å². The minimum absolute atomic E-state index is 0.0393. The second-order valence-electron chi connectivity index (χ2n) is 11.5. The molecule has 2 fully saturated rings.